The van der Waals surface area contributed by atoms with Crippen molar-refractivity contribution in [3.8, 4) is 5.75 Å². The minimum Gasteiger partial charge on any atom is -0.497 e. The number of hydrogen-bond donors (Lipinski definition) is 2. The average molecular weight is 292 g/mol. The van der Waals surface area contributed by atoms with E-state index in [1.807, 2.05) is 18.2 Å². The minimum absolute atomic E-state index is 0.128. The van der Waals surface area contributed by atoms with Gasteiger partial charge in [-0.1, -0.05) is 12.1 Å². The molecule has 0 unspecified atom stereocenters. The van der Waals surface area contributed by atoms with Gasteiger partial charge in [0.15, 0.2) is 5.84 Å². The summed E-state index contributed by atoms with van der Waals surface area (Å²) in [5, 5.41) is 12.1. The monoisotopic (exact) mass is 292 g/mol. The molecule has 21 heavy (non-hydrogen) atoms. The highest BCUT2D eigenvalue weighted by Crippen LogP contribution is 2.27. The summed E-state index contributed by atoms with van der Waals surface area (Å²) in [6.07, 6.45) is 1.18. The predicted molar refractivity (Wildman–Crippen MR) is 84.4 cm³/mol. The van der Waals surface area contributed by atoms with Gasteiger partial charge in [0.1, 0.15) is 5.75 Å². The Morgan fingerprint density at radius 3 is 2.62 bits per heavy atom. The van der Waals surface area contributed by atoms with Crippen molar-refractivity contribution >= 4 is 11.5 Å². The third-order valence-corrected chi connectivity index (χ3v) is 3.84. The van der Waals surface area contributed by atoms with Gasteiger partial charge in [0.25, 0.3) is 0 Å². The van der Waals surface area contributed by atoms with Gasteiger partial charge in [0.2, 0.25) is 0 Å². The van der Waals surface area contributed by atoms with Crippen LogP contribution in [0.15, 0.2) is 23.4 Å². The minimum atomic E-state index is 0.128. The highest BCUT2D eigenvalue weighted by Gasteiger charge is 2.20. The fourth-order valence-corrected chi connectivity index (χ4v) is 2.70. The van der Waals surface area contributed by atoms with E-state index in [9.17, 15) is 0 Å². The summed E-state index contributed by atoms with van der Waals surface area (Å²) in [5.41, 5.74) is 7.49. The lowest BCUT2D eigenvalue weighted by atomic mass is 10.1. The van der Waals surface area contributed by atoms with Crippen molar-refractivity contribution in [2.45, 2.75) is 13.3 Å². The second-order valence-corrected chi connectivity index (χ2v) is 5.20. The molecule has 0 aromatic heterocycles. The smallest absolute Gasteiger partial charge is 0.172 e. The van der Waals surface area contributed by atoms with Crippen LogP contribution in [0.1, 0.15) is 18.9 Å². The number of piperazine rings is 1. The van der Waals surface area contributed by atoms with Crippen molar-refractivity contribution in [3.05, 3.63) is 23.8 Å². The van der Waals surface area contributed by atoms with Gasteiger partial charge in [-0.3, -0.25) is 4.90 Å². The fraction of sp³-hybridized carbons (Fsp3) is 0.533. The molecule has 1 heterocycles. The van der Waals surface area contributed by atoms with E-state index in [4.69, 9.17) is 15.7 Å². The molecule has 0 amide bonds. The van der Waals surface area contributed by atoms with Crippen LogP contribution >= 0.6 is 0 Å². The van der Waals surface area contributed by atoms with E-state index in [-0.39, 0.29) is 5.84 Å². The Kier molecular flexibility index (Phi) is 5.27. The molecule has 6 heteroatoms. The maximum absolute atomic E-state index is 8.95. The molecule has 3 N–H and O–H groups in total. The van der Waals surface area contributed by atoms with E-state index in [0.717, 1.165) is 49.7 Å². The molecule has 6 nitrogen and oxygen atoms in total. The highest BCUT2D eigenvalue weighted by molar-refractivity contribution is 6.02. The van der Waals surface area contributed by atoms with Crippen molar-refractivity contribution in [1.82, 2.24) is 4.90 Å². The highest BCUT2D eigenvalue weighted by atomic mass is 16.5. The first-order valence-corrected chi connectivity index (χ1v) is 7.32. The van der Waals surface area contributed by atoms with Gasteiger partial charge < -0.3 is 20.6 Å². The van der Waals surface area contributed by atoms with Crippen LogP contribution < -0.4 is 15.4 Å². The maximum atomic E-state index is 8.95. The van der Waals surface area contributed by atoms with Crippen LogP contribution in [0, 0.1) is 0 Å². The average Bonchev–Trinajstić information content (AvgIpc) is 2.54. The summed E-state index contributed by atoms with van der Waals surface area (Å²) < 4.78 is 5.29. The first kappa shape index (κ1) is 15.4. The molecule has 1 fully saturated rings. The first-order valence-electron chi connectivity index (χ1n) is 7.32. The number of oxime groups is 1. The molecular weight excluding hydrogens is 268 g/mol. The van der Waals surface area contributed by atoms with Crippen LogP contribution in [0.5, 0.6) is 5.75 Å². The molecule has 1 aliphatic rings. The molecule has 0 aliphatic carbocycles. The Morgan fingerprint density at radius 2 is 2.05 bits per heavy atom. The molecule has 1 saturated heterocycles. The first-order chi connectivity index (χ1) is 10.2. The lowest BCUT2D eigenvalue weighted by molar-refractivity contribution is 0.258. The van der Waals surface area contributed by atoms with Gasteiger partial charge in [-0.05, 0) is 25.1 Å². The topological polar surface area (TPSA) is 74.3 Å². The molecule has 1 aromatic rings. The second-order valence-electron chi connectivity index (χ2n) is 5.20. The van der Waals surface area contributed by atoms with E-state index in [1.54, 1.807) is 7.11 Å². The van der Waals surface area contributed by atoms with E-state index < -0.39 is 0 Å². The molecule has 0 bridgehead atoms. The van der Waals surface area contributed by atoms with Crippen LogP contribution in [0.4, 0.5) is 5.69 Å². The third kappa shape index (κ3) is 3.58. The second kappa shape index (κ2) is 7.17. The molecule has 0 atom stereocenters. The Balaban J connectivity index is 2.21. The van der Waals surface area contributed by atoms with Crippen LogP contribution in [-0.2, 0) is 0 Å². The summed E-state index contributed by atoms with van der Waals surface area (Å²) in [6, 6.07) is 5.61. The number of amidine groups is 1. The standard InChI is InChI=1S/C15H24N4O2/c1-3-6-18-7-9-19(10-8-18)14-11-12(21-2)4-5-13(14)15(16)17-20/h4-5,11,20H,3,6-10H2,1-2H3,(H2,16,17). The Bertz CT molecular complexity index is 496. The lowest BCUT2D eigenvalue weighted by Crippen LogP contribution is -2.47. The third-order valence-electron chi connectivity index (χ3n) is 3.84. The number of rotatable bonds is 5. The van der Waals surface area contributed by atoms with Crippen LogP contribution in [0.2, 0.25) is 0 Å². The number of hydrogen-bond acceptors (Lipinski definition) is 5. The van der Waals surface area contributed by atoms with Gasteiger partial charge in [-0.15, -0.1) is 0 Å². The van der Waals surface area contributed by atoms with Crippen LogP contribution in [-0.4, -0.2) is 55.8 Å². The summed E-state index contributed by atoms with van der Waals surface area (Å²) in [5.74, 6) is 0.902. The molecule has 116 valence electrons. The molecular formula is C15H24N4O2. The lowest BCUT2D eigenvalue weighted by Gasteiger charge is -2.36. The Labute approximate surface area is 125 Å². The number of ether oxygens (including phenoxy) is 1. The van der Waals surface area contributed by atoms with Crippen molar-refractivity contribution < 1.29 is 9.94 Å². The molecule has 0 saturated carbocycles. The van der Waals surface area contributed by atoms with Crippen molar-refractivity contribution in [2.75, 3.05) is 44.7 Å². The van der Waals surface area contributed by atoms with E-state index in [2.05, 4.69) is 21.9 Å². The molecule has 2 rings (SSSR count). The Hall–Kier alpha value is -1.95. The zero-order valence-corrected chi connectivity index (χ0v) is 12.7. The number of methoxy groups -OCH3 is 1. The van der Waals surface area contributed by atoms with Crippen molar-refractivity contribution in [2.24, 2.45) is 10.9 Å². The summed E-state index contributed by atoms with van der Waals surface area (Å²) >= 11 is 0. The molecule has 1 aromatic carbocycles. The summed E-state index contributed by atoms with van der Waals surface area (Å²) in [4.78, 5) is 4.72. The molecule has 1 aliphatic heterocycles. The largest absolute Gasteiger partial charge is 0.497 e. The van der Waals surface area contributed by atoms with Gasteiger partial charge in [-0.25, -0.2) is 0 Å². The zero-order valence-electron chi connectivity index (χ0n) is 12.7. The zero-order chi connectivity index (χ0) is 15.2. The summed E-state index contributed by atoms with van der Waals surface area (Å²) in [7, 11) is 1.64. The normalized spacial score (nSPS) is 17.0. The number of anilines is 1. The maximum Gasteiger partial charge on any atom is 0.172 e. The van der Waals surface area contributed by atoms with Gasteiger partial charge in [0, 0.05) is 37.8 Å². The van der Waals surface area contributed by atoms with Gasteiger partial charge in [0.05, 0.1) is 12.8 Å². The fourth-order valence-electron chi connectivity index (χ4n) is 2.70. The Morgan fingerprint density at radius 1 is 1.33 bits per heavy atom. The van der Waals surface area contributed by atoms with Crippen LogP contribution in [0.3, 0.4) is 0 Å². The number of nitrogens with zero attached hydrogens (tertiary/aromatic N) is 3. The van der Waals surface area contributed by atoms with E-state index in [0.29, 0.717) is 0 Å². The SMILES string of the molecule is CCCN1CCN(c2cc(OC)ccc2/C(N)=N/O)CC1. The number of benzene rings is 1. The van der Waals surface area contributed by atoms with E-state index >= 15 is 0 Å². The van der Waals surface area contributed by atoms with Gasteiger partial charge in [-0.2, -0.15) is 0 Å². The quantitative estimate of drug-likeness (QED) is 0.370. The number of nitrogens with two attached hydrogens (primary N) is 1. The van der Waals surface area contributed by atoms with Gasteiger partial charge >= 0.3 is 0 Å². The predicted octanol–water partition coefficient (Wildman–Crippen LogP) is 1.32. The van der Waals surface area contributed by atoms with Crippen molar-refractivity contribution in [1.29, 1.82) is 0 Å². The van der Waals surface area contributed by atoms with E-state index in [1.165, 1.54) is 6.42 Å². The van der Waals surface area contributed by atoms with Crippen LogP contribution in [0.25, 0.3) is 0 Å². The van der Waals surface area contributed by atoms with Crippen molar-refractivity contribution in [3.63, 3.8) is 0 Å². The summed E-state index contributed by atoms with van der Waals surface area (Å²) in [6.45, 7) is 7.25. The molecule has 0 radical (unpaired) electrons. The molecule has 0 spiro atoms.